The van der Waals surface area contributed by atoms with Gasteiger partial charge in [0.05, 0.1) is 16.4 Å². The minimum atomic E-state index is -3.50. The zero-order chi connectivity index (χ0) is 16.4. The van der Waals surface area contributed by atoms with Crippen LogP contribution in [0.3, 0.4) is 0 Å². The van der Waals surface area contributed by atoms with Crippen molar-refractivity contribution in [2.45, 2.75) is 38.0 Å². The summed E-state index contributed by atoms with van der Waals surface area (Å²) in [5.41, 5.74) is 1.63. The van der Waals surface area contributed by atoms with Crippen LogP contribution in [0.1, 0.15) is 30.4 Å². The van der Waals surface area contributed by atoms with Crippen LogP contribution in [0.15, 0.2) is 23.1 Å². The lowest BCUT2D eigenvalue weighted by Crippen LogP contribution is -2.26. The Labute approximate surface area is 133 Å². The Morgan fingerprint density at radius 1 is 1.27 bits per heavy atom. The van der Waals surface area contributed by atoms with Crippen molar-refractivity contribution < 1.29 is 16.8 Å². The molecule has 1 unspecified atom stereocenters. The molecule has 0 spiro atoms. The first kappa shape index (κ1) is 17.4. The first-order chi connectivity index (χ1) is 10.2. The molecule has 5 nitrogen and oxygen atoms in total. The topological polar surface area (TPSA) is 80.3 Å². The maximum atomic E-state index is 12.3. The molecule has 1 fully saturated rings. The van der Waals surface area contributed by atoms with Crippen molar-refractivity contribution in [2.24, 2.45) is 5.92 Å². The average molecular weight is 345 g/mol. The van der Waals surface area contributed by atoms with Crippen molar-refractivity contribution >= 4 is 19.9 Å². The zero-order valence-electron chi connectivity index (χ0n) is 13.0. The highest BCUT2D eigenvalue weighted by atomic mass is 32.2. The molecule has 0 aliphatic carbocycles. The maximum Gasteiger partial charge on any atom is 0.240 e. The Kier molecular flexibility index (Phi) is 5.29. The quantitative estimate of drug-likeness (QED) is 0.797. The molecule has 0 aromatic heterocycles. The van der Waals surface area contributed by atoms with Gasteiger partial charge < -0.3 is 0 Å². The van der Waals surface area contributed by atoms with Crippen LogP contribution in [0.25, 0.3) is 0 Å². The first-order valence-electron chi connectivity index (χ1n) is 7.47. The Morgan fingerprint density at radius 2 is 2.00 bits per heavy atom. The van der Waals surface area contributed by atoms with Gasteiger partial charge in [-0.2, -0.15) is 0 Å². The minimum absolute atomic E-state index is 0.176. The summed E-state index contributed by atoms with van der Waals surface area (Å²) in [7, 11) is -6.35. The molecule has 0 bridgehead atoms. The van der Waals surface area contributed by atoms with Crippen molar-refractivity contribution in [3.63, 3.8) is 0 Å². The van der Waals surface area contributed by atoms with Crippen molar-refractivity contribution in [2.75, 3.05) is 18.1 Å². The van der Waals surface area contributed by atoms with E-state index in [2.05, 4.69) is 4.72 Å². The van der Waals surface area contributed by atoms with E-state index in [-0.39, 0.29) is 17.4 Å². The van der Waals surface area contributed by atoms with E-state index in [1.807, 2.05) is 13.0 Å². The normalized spacial score (nSPS) is 21.1. The van der Waals surface area contributed by atoms with Crippen LogP contribution in [-0.2, 0) is 19.9 Å². The molecular weight excluding hydrogens is 322 g/mol. The Morgan fingerprint density at radius 3 is 2.64 bits per heavy atom. The Balaban J connectivity index is 1.87. The van der Waals surface area contributed by atoms with Gasteiger partial charge in [-0.15, -0.1) is 0 Å². The summed E-state index contributed by atoms with van der Waals surface area (Å²) in [6, 6.07) is 5.35. The van der Waals surface area contributed by atoms with Crippen LogP contribution >= 0.6 is 0 Å². The first-order valence-corrected chi connectivity index (χ1v) is 10.8. The smallest absolute Gasteiger partial charge is 0.229 e. The van der Waals surface area contributed by atoms with E-state index in [0.717, 1.165) is 17.5 Å². The van der Waals surface area contributed by atoms with Gasteiger partial charge >= 0.3 is 0 Å². The molecule has 1 aromatic carbocycles. The molecule has 1 N–H and O–H groups in total. The molecule has 124 valence electrons. The third-order valence-electron chi connectivity index (χ3n) is 4.04. The maximum absolute atomic E-state index is 12.3. The van der Waals surface area contributed by atoms with Crippen LogP contribution < -0.4 is 4.72 Å². The highest BCUT2D eigenvalue weighted by molar-refractivity contribution is 7.91. The Bertz CT molecular complexity index is 739. The number of aryl methyl sites for hydroxylation is 2. The number of sulfonamides is 1. The SMILES string of the molecule is Cc1ccc(C)c(S(=O)(=O)NCCCC2CCS(=O)(=O)C2)c1. The van der Waals surface area contributed by atoms with Crippen molar-refractivity contribution in [3.8, 4) is 0 Å². The molecular formula is C15H23NO4S2. The summed E-state index contributed by atoms with van der Waals surface area (Å²) in [6.07, 6.45) is 2.10. The molecule has 7 heteroatoms. The van der Waals surface area contributed by atoms with Crippen molar-refractivity contribution in [1.82, 2.24) is 4.72 Å². The average Bonchev–Trinajstić information content (AvgIpc) is 2.77. The number of benzene rings is 1. The summed E-state index contributed by atoms with van der Waals surface area (Å²) < 4.78 is 50.0. The van der Waals surface area contributed by atoms with Crippen LogP contribution in [-0.4, -0.2) is 34.9 Å². The second-order valence-corrected chi connectivity index (χ2v) is 10.0. The predicted molar refractivity (Wildman–Crippen MR) is 87.1 cm³/mol. The summed E-state index contributed by atoms with van der Waals surface area (Å²) in [6.45, 7) is 3.97. The van der Waals surface area contributed by atoms with E-state index in [1.165, 1.54) is 0 Å². The number of rotatable bonds is 6. The predicted octanol–water partition coefficient (Wildman–Crippen LogP) is 1.80. The monoisotopic (exact) mass is 345 g/mol. The largest absolute Gasteiger partial charge is 0.240 e. The fraction of sp³-hybridized carbons (Fsp3) is 0.600. The second kappa shape index (κ2) is 6.68. The van der Waals surface area contributed by atoms with E-state index in [0.29, 0.717) is 24.3 Å². The van der Waals surface area contributed by atoms with Gasteiger partial charge in [0.1, 0.15) is 0 Å². The summed E-state index contributed by atoms with van der Waals surface area (Å²) in [4.78, 5) is 0.316. The lowest BCUT2D eigenvalue weighted by atomic mass is 10.0. The third-order valence-corrected chi connectivity index (χ3v) is 7.48. The standard InChI is InChI=1S/C15H23NO4S2/c1-12-5-6-13(2)15(10-12)22(19,20)16-8-3-4-14-7-9-21(17,18)11-14/h5-6,10,14,16H,3-4,7-9,11H2,1-2H3. The van der Waals surface area contributed by atoms with Gasteiger partial charge in [-0.05, 0) is 56.2 Å². The van der Waals surface area contributed by atoms with Crippen molar-refractivity contribution in [3.05, 3.63) is 29.3 Å². The van der Waals surface area contributed by atoms with Gasteiger partial charge in [-0.3, -0.25) is 0 Å². The summed E-state index contributed by atoms with van der Waals surface area (Å²) >= 11 is 0. The van der Waals surface area contributed by atoms with Gasteiger partial charge in [-0.1, -0.05) is 12.1 Å². The van der Waals surface area contributed by atoms with Gasteiger partial charge in [0.25, 0.3) is 0 Å². The van der Waals surface area contributed by atoms with Gasteiger partial charge in [0.2, 0.25) is 10.0 Å². The molecule has 1 aromatic rings. The van der Waals surface area contributed by atoms with Crippen molar-refractivity contribution in [1.29, 1.82) is 0 Å². The molecule has 2 rings (SSSR count). The molecule has 0 amide bonds. The molecule has 1 saturated heterocycles. The molecule has 1 heterocycles. The fourth-order valence-electron chi connectivity index (χ4n) is 2.77. The molecule has 1 aliphatic heterocycles. The van der Waals surface area contributed by atoms with E-state index in [9.17, 15) is 16.8 Å². The fourth-order valence-corrected chi connectivity index (χ4v) is 6.08. The number of hydrogen-bond donors (Lipinski definition) is 1. The number of sulfone groups is 1. The molecule has 22 heavy (non-hydrogen) atoms. The highest BCUT2D eigenvalue weighted by Crippen LogP contribution is 2.23. The van der Waals surface area contributed by atoms with E-state index in [4.69, 9.17) is 0 Å². The lowest BCUT2D eigenvalue weighted by molar-refractivity contribution is 0.512. The molecule has 0 saturated carbocycles. The molecule has 1 atom stereocenters. The minimum Gasteiger partial charge on any atom is -0.229 e. The van der Waals surface area contributed by atoms with Gasteiger partial charge in [-0.25, -0.2) is 21.6 Å². The van der Waals surface area contributed by atoms with Crippen LogP contribution in [0.5, 0.6) is 0 Å². The summed E-state index contributed by atoms with van der Waals surface area (Å²) in [5.74, 6) is 0.693. The molecule has 1 aliphatic rings. The van der Waals surface area contributed by atoms with E-state index in [1.54, 1.807) is 19.1 Å². The van der Waals surface area contributed by atoms with Gasteiger partial charge in [0, 0.05) is 6.54 Å². The third kappa shape index (κ3) is 4.54. The van der Waals surface area contributed by atoms with Crippen LogP contribution in [0.4, 0.5) is 0 Å². The van der Waals surface area contributed by atoms with Crippen LogP contribution in [0.2, 0.25) is 0 Å². The number of hydrogen-bond acceptors (Lipinski definition) is 4. The highest BCUT2D eigenvalue weighted by Gasteiger charge is 2.27. The number of nitrogens with one attached hydrogen (secondary N) is 1. The lowest BCUT2D eigenvalue weighted by Gasteiger charge is -2.11. The van der Waals surface area contributed by atoms with Gasteiger partial charge in [0.15, 0.2) is 9.84 Å². The molecule has 0 radical (unpaired) electrons. The second-order valence-electron chi connectivity index (χ2n) is 6.08. The summed E-state index contributed by atoms with van der Waals surface area (Å²) in [5, 5.41) is 0. The zero-order valence-corrected chi connectivity index (χ0v) is 14.6. The van der Waals surface area contributed by atoms with Crippen LogP contribution in [0, 0.1) is 19.8 Å². The Hall–Kier alpha value is -0.920. The van der Waals surface area contributed by atoms with E-state index < -0.39 is 19.9 Å². The van der Waals surface area contributed by atoms with E-state index >= 15 is 0 Å².